The Morgan fingerprint density at radius 2 is 1.95 bits per heavy atom. The predicted octanol–water partition coefficient (Wildman–Crippen LogP) is 7.00. The van der Waals surface area contributed by atoms with Crippen LogP contribution in [0.4, 0.5) is 11.4 Å². The van der Waals surface area contributed by atoms with Gasteiger partial charge in [-0.2, -0.15) is 5.26 Å². The second-order valence-corrected chi connectivity index (χ2v) is 9.97. The van der Waals surface area contributed by atoms with Gasteiger partial charge in [0.2, 0.25) is 5.16 Å². The lowest BCUT2D eigenvalue weighted by molar-refractivity contribution is -0.387. The van der Waals surface area contributed by atoms with Crippen molar-refractivity contribution in [3.63, 3.8) is 0 Å². The topological polar surface area (TPSA) is 138 Å². The van der Waals surface area contributed by atoms with Crippen LogP contribution in [0.25, 0.3) is 17.5 Å². The van der Waals surface area contributed by atoms with Crippen molar-refractivity contribution in [2.45, 2.75) is 23.9 Å². The average molecular weight is 565 g/mol. The summed E-state index contributed by atoms with van der Waals surface area (Å²) in [5, 5.41) is 32.1. The molecule has 1 amide bonds. The first-order valence-corrected chi connectivity index (χ1v) is 12.6. The second-order valence-electron chi connectivity index (χ2n) is 8.12. The summed E-state index contributed by atoms with van der Waals surface area (Å²) in [6, 6.07) is 16.7. The molecule has 3 aromatic carbocycles. The molecule has 0 aliphatic heterocycles. The molecule has 2 N–H and O–H groups in total. The summed E-state index contributed by atoms with van der Waals surface area (Å²) in [6.07, 6.45) is 1.30. The maximum Gasteiger partial charge on any atom is 0.283 e. The van der Waals surface area contributed by atoms with Crippen LogP contribution in [0.2, 0.25) is 10.0 Å². The van der Waals surface area contributed by atoms with Crippen LogP contribution in [0, 0.1) is 35.3 Å². The van der Waals surface area contributed by atoms with E-state index in [9.17, 15) is 20.2 Å². The molecule has 0 unspecified atom stereocenters. The molecule has 0 saturated heterocycles. The second kappa shape index (κ2) is 11.5. The first-order valence-electron chi connectivity index (χ1n) is 11.0. The lowest BCUT2D eigenvalue weighted by Crippen LogP contribution is -2.14. The van der Waals surface area contributed by atoms with Gasteiger partial charge < -0.3 is 5.32 Å². The number of H-pyrrole nitrogens is 1. The van der Waals surface area contributed by atoms with E-state index in [0.717, 1.165) is 22.9 Å². The lowest BCUT2D eigenvalue weighted by Gasteiger charge is -2.09. The summed E-state index contributed by atoms with van der Waals surface area (Å²) in [4.78, 5) is 28.6. The molecule has 0 saturated carbocycles. The first-order chi connectivity index (χ1) is 18.1. The number of aryl methyl sites for hydroxylation is 2. The van der Waals surface area contributed by atoms with Crippen LogP contribution < -0.4 is 5.32 Å². The third kappa shape index (κ3) is 6.20. The zero-order valence-electron chi connectivity index (χ0n) is 20.0. The van der Waals surface area contributed by atoms with Gasteiger partial charge in [0.1, 0.15) is 11.6 Å². The largest absolute Gasteiger partial charge is 0.321 e. The molecule has 4 rings (SSSR count). The molecule has 9 nitrogen and oxygen atoms in total. The predicted molar refractivity (Wildman–Crippen MR) is 147 cm³/mol. The molecule has 0 aliphatic rings. The number of benzene rings is 3. The van der Waals surface area contributed by atoms with Crippen LogP contribution in [0.5, 0.6) is 0 Å². The van der Waals surface area contributed by atoms with Gasteiger partial charge in [-0.25, -0.2) is 4.98 Å². The Bertz CT molecular complexity index is 1640. The summed E-state index contributed by atoms with van der Waals surface area (Å²) in [5.41, 5.74) is 2.84. The van der Waals surface area contributed by atoms with E-state index in [2.05, 4.69) is 20.5 Å². The minimum Gasteiger partial charge on any atom is -0.321 e. The molecule has 1 aromatic heterocycles. The average Bonchev–Trinajstić information content (AvgIpc) is 3.33. The van der Waals surface area contributed by atoms with E-state index in [1.54, 1.807) is 30.3 Å². The van der Waals surface area contributed by atoms with E-state index in [1.807, 2.05) is 32.0 Å². The van der Waals surface area contributed by atoms with Crippen molar-refractivity contribution in [1.29, 1.82) is 5.26 Å². The number of aromatic amines is 1. The Morgan fingerprint density at radius 3 is 2.66 bits per heavy atom. The highest BCUT2D eigenvalue weighted by atomic mass is 35.5. The van der Waals surface area contributed by atoms with Crippen molar-refractivity contribution in [3.8, 4) is 17.5 Å². The van der Waals surface area contributed by atoms with Crippen molar-refractivity contribution in [3.05, 3.63) is 97.0 Å². The Labute approximate surface area is 231 Å². The highest BCUT2D eigenvalue weighted by Gasteiger charge is 2.19. The van der Waals surface area contributed by atoms with Gasteiger partial charge in [-0.3, -0.25) is 20.0 Å². The number of carbonyl (C=O) groups is 1. The van der Waals surface area contributed by atoms with Crippen LogP contribution in [0.1, 0.15) is 16.7 Å². The summed E-state index contributed by atoms with van der Waals surface area (Å²) >= 11 is 13.2. The Morgan fingerprint density at radius 1 is 1.16 bits per heavy atom. The highest BCUT2D eigenvalue weighted by Crippen LogP contribution is 2.36. The standard InChI is InChI=1S/C26H18Cl2N6O3S/c1-14-3-4-15(2)21(9-14)30-25(35)17(13-29)10-16-5-8-23(22(11-16)34(36)37)38-26-31-24(32-33-26)19-7-6-18(27)12-20(19)28/h3-12H,1-2H3,(H,30,35)(H,31,32,33)/b17-10+. The normalized spacial score (nSPS) is 11.2. The molecule has 0 radical (unpaired) electrons. The molecule has 12 heteroatoms. The quantitative estimate of drug-likeness (QED) is 0.106. The number of hydrogen-bond acceptors (Lipinski definition) is 7. The smallest absolute Gasteiger partial charge is 0.283 e. The summed E-state index contributed by atoms with van der Waals surface area (Å²) in [6.45, 7) is 3.73. The third-order valence-electron chi connectivity index (χ3n) is 5.35. The third-order valence-corrected chi connectivity index (χ3v) is 6.83. The summed E-state index contributed by atoms with van der Waals surface area (Å²) < 4.78 is 0. The lowest BCUT2D eigenvalue weighted by atomic mass is 10.1. The molecule has 0 spiro atoms. The highest BCUT2D eigenvalue weighted by molar-refractivity contribution is 7.99. The van der Waals surface area contributed by atoms with E-state index < -0.39 is 10.8 Å². The van der Waals surface area contributed by atoms with Crippen molar-refractivity contribution >= 4 is 58.3 Å². The van der Waals surface area contributed by atoms with E-state index >= 15 is 0 Å². The number of amides is 1. The van der Waals surface area contributed by atoms with Crippen LogP contribution >= 0.6 is 35.0 Å². The number of carbonyl (C=O) groups excluding carboxylic acids is 1. The number of nitro groups is 1. The number of nitro benzene ring substituents is 1. The molecule has 190 valence electrons. The van der Waals surface area contributed by atoms with Gasteiger partial charge >= 0.3 is 0 Å². The number of aromatic nitrogens is 3. The number of rotatable bonds is 7. The number of nitrogens with one attached hydrogen (secondary N) is 2. The van der Waals surface area contributed by atoms with E-state index in [0.29, 0.717) is 32.7 Å². The zero-order chi connectivity index (χ0) is 27.4. The van der Waals surface area contributed by atoms with Gasteiger partial charge in [0.25, 0.3) is 11.6 Å². The van der Waals surface area contributed by atoms with Gasteiger partial charge in [0, 0.05) is 22.3 Å². The minimum atomic E-state index is -0.614. The number of nitriles is 1. The van der Waals surface area contributed by atoms with Crippen LogP contribution in [0.3, 0.4) is 0 Å². The summed E-state index contributed by atoms with van der Waals surface area (Å²) in [7, 11) is 0. The van der Waals surface area contributed by atoms with Crippen LogP contribution in [-0.4, -0.2) is 26.0 Å². The minimum absolute atomic E-state index is 0.195. The molecular weight excluding hydrogens is 547 g/mol. The molecule has 1 heterocycles. The fourth-order valence-corrected chi connectivity index (χ4v) is 4.72. The number of nitrogens with zero attached hydrogens (tertiary/aromatic N) is 4. The molecule has 38 heavy (non-hydrogen) atoms. The van der Waals surface area contributed by atoms with Crippen LogP contribution in [-0.2, 0) is 4.79 Å². The molecule has 0 atom stereocenters. The zero-order valence-corrected chi connectivity index (χ0v) is 22.3. The van der Waals surface area contributed by atoms with Gasteiger partial charge in [-0.05, 0) is 78.7 Å². The van der Waals surface area contributed by atoms with Gasteiger partial charge in [0.15, 0.2) is 5.82 Å². The van der Waals surface area contributed by atoms with E-state index in [-0.39, 0.29) is 21.3 Å². The fourth-order valence-electron chi connectivity index (χ4n) is 3.42. The van der Waals surface area contributed by atoms with Gasteiger partial charge in [-0.1, -0.05) is 41.4 Å². The summed E-state index contributed by atoms with van der Waals surface area (Å²) in [5.74, 6) is -0.235. The van der Waals surface area contributed by atoms with Crippen molar-refractivity contribution in [2.24, 2.45) is 0 Å². The van der Waals surface area contributed by atoms with E-state index in [1.165, 1.54) is 18.2 Å². The fraction of sp³-hybridized carbons (Fsp3) is 0.0769. The first kappa shape index (κ1) is 26.9. The molecule has 0 aliphatic carbocycles. The molecule has 0 fully saturated rings. The van der Waals surface area contributed by atoms with E-state index in [4.69, 9.17) is 23.2 Å². The molecular formula is C26H18Cl2N6O3S. The van der Waals surface area contributed by atoms with Crippen molar-refractivity contribution < 1.29 is 9.72 Å². The Hall–Kier alpha value is -4.17. The Balaban J connectivity index is 1.58. The van der Waals surface area contributed by atoms with Gasteiger partial charge in [0.05, 0.1) is 14.8 Å². The maximum atomic E-state index is 12.7. The van der Waals surface area contributed by atoms with Crippen molar-refractivity contribution in [1.82, 2.24) is 15.2 Å². The number of hydrogen-bond donors (Lipinski definition) is 2. The van der Waals surface area contributed by atoms with Crippen molar-refractivity contribution in [2.75, 3.05) is 5.32 Å². The monoisotopic (exact) mass is 564 g/mol. The SMILES string of the molecule is Cc1ccc(C)c(NC(=O)/C(C#N)=C/c2ccc(Sc3n[nH]c(-c4ccc(Cl)cc4Cl)n3)c([N+](=O)[O-])c2)c1. The molecule has 0 bridgehead atoms. The number of anilines is 1. The maximum absolute atomic E-state index is 12.7. The van der Waals surface area contributed by atoms with Gasteiger partial charge in [-0.15, -0.1) is 5.10 Å². The number of halogens is 2. The molecule has 4 aromatic rings. The van der Waals surface area contributed by atoms with Crippen LogP contribution in [0.15, 0.2) is 70.2 Å². The Kier molecular flexibility index (Phi) is 8.12.